The molecular weight excluding hydrogens is 350 g/mol. The van der Waals surface area contributed by atoms with Crippen LogP contribution in [0.15, 0.2) is 0 Å². The van der Waals surface area contributed by atoms with Crippen LogP contribution in [-0.2, 0) is 14.4 Å². The molecule has 2 fully saturated rings. The number of carbonyl (C=O) groups excluding carboxylic acids is 3. The van der Waals surface area contributed by atoms with Gasteiger partial charge < -0.3 is 31.9 Å². The van der Waals surface area contributed by atoms with Gasteiger partial charge in [0.1, 0.15) is 12.1 Å². The molecule has 8 N–H and O–H groups in total. The molecule has 0 saturated carbocycles. The summed E-state index contributed by atoms with van der Waals surface area (Å²) < 4.78 is 0. The van der Waals surface area contributed by atoms with Gasteiger partial charge in [-0.25, -0.2) is 0 Å². The Morgan fingerprint density at radius 3 is 2.72 bits per heavy atom. The lowest BCUT2D eigenvalue weighted by Gasteiger charge is -2.26. The van der Waals surface area contributed by atoms with Gasteiger partial charge in [0.2, 0.25) is 17.7 Å². The number of nitrogens with zero attached hydrogens (tertiary/aromatic N) is 1. The van der Waals surface area contributed by atoms with Crippen molar-refractivity contribution in [2.75, 3.05) is 25.4 Å². The Hall–Kier alpha value is -1.40. The molecule has 5 atom stereocenters. The number of nitrogens with two attached hydrogens (primary N) is 2. The topological polar surface area (TPSA) is 171 Å². The van der Waals surface area contributed by atoms with Gasteiger partial charge in [-0.1, -0.05) is 0 Å². The molecule has 3 unspecified atom stereocenters. The van der Waals surface area contributed by atoms with Crippen LogP contribution in [0, 0.1) is 0 Å². The maximum Gasteiger partial charge on any atom is 0.242 e. The fourth-order valence-corrected chi connectivity index (χ4v) is 4.42. The van der Waals surface area contributed by atoms with Gasteiger partial charge in [0, 0.05) is 18.8 Å². The second-order valence-corrected chi connectivity index (χ2v) is 7.83. The van der Waals surface area contributed by atoms with Gasteiger partial charge in [-0.3, -0.25) is 19.7 Å². The molecule has 0 bridgehead atoms. The Morgan fingerprint density at radius 2 is 2.16 bits per heavy atom. The first-order chi connectivity index (χ1) is 11.7. The van der Waals surface area contributed by atoms with Crippen LogP contribution in [0.3, 0.4) is 0 Å². The van der Waals surface area contributed by atoms with E-state index in [1.54, 1.807) is 4.90 Å². The van der Waals surface area contributed by atoms with Crippen molar-refractivity contribution in [3.63, 3.8) is 0 Å². The number of hydrogen-bond donors (Lipinski definition) is 6. The average Bonchev–Trinajstić information content (AvgIpc) is 3.17. The highest BCUT2D eigenvalue weighted by Crippen LogP contribution is 2.38. The summed E-state index contributed by atoms with van der Waals surface area (Å²) >= 11 is 1.53. The smallest absolute Gasteiger partial charge is 0.242 e. The third-order valence-corrected chi connectivity index (χ3v) is 5.93. The third-order valence-electron chi connectivity index (χ3n) is 4.42. The molecule has 2 heterocycles. The van der Waals surface area contributed by atoms with Crippen LogP contribution in [0.4, 0.5) is 0 Å². The van der Waals surface area contributed by atoms with Crippen LogP contribution in [0.1, 0.15) is 13.3 Å². The van der Waals surface area contributed by atoms with Gasteiger partial charge in [0.05, 0.1) is 23.6 Å². The summed E-state index contributed by atoms with van der Waals surface area (Å²) in [6.45, 7) is 1.82. The number of hydrogen-bond acceptors (Lipinski definition) is 8. The maximum absolute atomic E-state index is 12.3. The lowest BCUT2D eigenvalue weighted by molar-refractivity contribution is -0.132. The summed E-state index contributed by atoms with van der Waals surface area (Å²) in [5, 5.41) is 24.2. The van der Waals surface area contributed by atoms with Gasteiger partial charge in [0.15, 0.2) is 0 Å². The first-order valence-corrected chi connectivity index (χ1v) is 9.02. The molecule has 2 saturated heterocycles. The van der Waals surface area contributed by atoms with E-state index in [4.69, 9.17) is 16.6 Å². The summed E-state index contributed by atoms with van der Waals surface area (Å²) in [7, 11) is 0. The van der Waals surface area contributed by atoms with Crippen LogP contribution in [0.5, 0.6) is 0 Å². The van der Waals surface area contributed by atoms with Gasteiger partial charge in [-0.2, -0.15) is 0 Å². The minimum Gasteiger partial charge on any atom is -0.394 e. The Kier molecular flexibility index (Phi) is 6.27. The number of aliphatic hydroxyl groups is 2. The molecular formula is C14H25N5O5S. The van der Waals surface area contributed by atoms with Crippen molar-refractivity contribution in [1.82, 2.24) is 15.5 Å². The number of likely N-dealkylation sites (tertiary alicyclic amines) is 1. The van der Waals surface area contributed by atoms with Gasteiger partial charge in [0.25, 0.3) is 0 Å². The van der Waals surface area contributed by atoms with E-state index in [1.807, 2.05) is 0 Å². The highest BCUT2D eigenvalue weighted by Gasteiger charge is 2.48. The molecule has 2 rings (SSSR count). The molecule has 0 aromatic heterocycles. The summed E-state index contributed by atoms with van der Waals surface area (Å²) in [5.74, 6) is -1.09. The minimum atomic E-state index is -1.15. The van der Waals surface area contributed by atoms with E-state index < -0.39 is 47.5 Å². The van der Waals surface area contributed by atoms with E-state index >= 15 is 0 Å². The zero-order valence-electron chi connectivity index (χ0n) is 14.0. The number of amides is 3. The molecule has 142 valence electrons. The third kappa shape index (κ3) is 4.42. The number of aliphatic hydroxyl groups excluding tert-OH is 2. The molecule has 1 spiro atoms. The molecule has 0 aromatic rings. The van der Waals surface area contributed by atoms with Crippen molar-refractivity contribution in [2.45, 2.75) is 42.4 Å². The van der Waals surface area contributed by atoms with Crippen molar-refractivity contribution < 1.29 is 24.6 Å². The van der Waals surface area contributed by atoms with Crippen molar-refractivity contribution >= 4 is 29.5 Å². The number of thioether (sulfide) groups is 1. The van der Waals surface area contributed by atoms with Crippen LogP contribution in [0.25, 0.3) is 0 Å². The van der Waals surface area contributed by atoms with E-state index in [0.717, 1.165) is 0 Å². The number of nitrogens with one attached hydrogen (secondary N) is 2. The van der Waals surface area contributed by atoms with Crippen molar-refractivity contribution in [2.24, 2.45) is 11.5 Å². The minimum absolute atomic E-state index is 0.322. The van der Waals surface area contributed by atoms with Crippen LogP contribution < -0.4 is 22.1 Å². The Labute approximate surface area is 149 Å². The molecule has 11 heteroatoms. The standard InChI is InChI=1S/C14H25N5O5S/c1-7(21)10(11(16)22)17-12(23)9-5-25-14(18-9)2-3-19(6-14)13(24)8(15)4-20/h7-10,18,20-21H,2-6,15H2,1H3,(H2,16,22)(H,17,23)/t7-,8?,9?,10+,14?/m1/s1. The fraction of sp³-hybridized carbons (Fsp3) is 0.786. The second-order valence-electron chi connectivity index (χ2n) is 6.43. The number of rotatable bonds is 6. The molecule has 3 amide bonds. The Bertz CT molecular complexity index is 548. The van der Waals surface area contributed by atoms with Crippen molar-refractivity contribution in [3.05, 3.63) is 0 Å². The molecule has 10 nitrogen and oxygen atoms in total. The maximum atomic E-state index is 12.3. The van der Waals surface area contributed by atoms with Crippen LogP contribution in [-0.4, -0.2) is 87.4 Å². The van der Waals surface area contributed by atoms with E-state index in [2.05, 4.69) is 10.6 Å². The largest absolute Gasteiger partial charge is 0.394 e. The van der Waals surface area contributed by atoms with Crippen molar-refractivity contribution in [3.8, 4) is 0 Å². The highest BCUT2D eigenvalue weighted by atomic mass is 32.2. The normalized spacial score (nSPS) is 29.4. The lowest BCUT2D eigenvalue weighted by Crippen LogP contribution is -2.57. The Morgan fingerprint density at radius 1 is 1.48 bits per heavy atom. The number of primary amides is 1. The fourth-order valence-electron chi connectivity index (χ4n) is 2.99. The predicted octanol–water partition coefficient (Wildman–Crippen LogP) is -3.71. The number of carbonyl (C=O) groups is 3. The highest BCUT2D eigenvalue weighted by molar-refractivity contribution is 8.01. The molecule has 25 heavy (non-hydrogen) atoms. The summed E-state index contributed by atoms with van der Waals surface area (Å²) in [5.41, 5.74) is 10.7. The molecule has 2 aliphatic rings. The molecule has 0 aromatic carbocycles. The summed E-state index contributed by atoms with van der Waals surface area (Å²) in [6.07, 6.45) is -0.454. The van der Waals surface area contributed by atoms with E-state index in [1.165, 1.54) is 18.7 Å². The zero-order chi connectivity index (χ0) is 18.8. The molecule has 2 aliphatic heterocycles. The second kappa shape index (κ2) is 7.87. The summed E-state index contributed by atoms with van der Waals surface area (Å²) in [4.78, 5) is 36.8. The van der Waals surface area contributed by atoms with Gasteiger partial charge in [-0.15, -0.1) is 11.8 Å². The van der Waals surface area contributed by atoms with Crippen LogP contribution in [0.2, 0.25) is 0 Å². The molecule has 0 aliphatic carbocycles. The first kappa shape index (κ1) is 19.9. The van der Waals surface area contributed by atoms with E-state index in [9.17, 15) is 19.5 Å². The lowest BCUT2D eigenvalue weighted by atomic mass is 10.1. The Balaban J connectivity index is 1.94. The first-order valence-electron chi connectivity index (χ1n) is 8.04. The van der Waals surface area contributed by atoms with E-state index in [-0.39, 0.29) is 5.91 Å². The van der Waals surface area contributed by atoms with Gasteiger partial charge in [-0.05, 0) is 13.3 Å². The van der Waals surface area contributed by atoms with Crippen molar-refractivity contribution in [1.29, 1.82) is 0 Å². The monoisotopic (exact) mass is 375 g/mol. The molecule has 0 radical (unpaired) electrons. The zero-order valence-corrected chi connectivity index (χ0v) is 14.8. The van der Waals surface area contributed by atoms with Gasteiger partial charge >= 0.3 is 0 Å². The van der Waals surface area contributed by atoms with Crippen LogP contribution >= 0.6 is 11.8 Å². The SMILES string of the molecule is C[C@@H](O)[C@H](NC(=O)C1CSC2(CCN(C(=O)C(N)CO)C2)N1)C(N)=O. The average molecular weight is 375 g/mol. The summed E-state index contributed by atoms with van der Waals surface area (Å²) in [6, 6.07) is -2.66. The predicted molar refractivity (Wildman–Crippen MR) is 91.2 cm³/mol. The quantitative estimate of drug-likeness (QED) is 0.275. The van der Waals surface area contributed by atoms with E-state index in [0.29, 0.717) is 25.3 Å².